The number of carbonyl (C=O) groups excluding carboxylic acids is 1. The number of carbonyl (C=O) groups is 1. The maximum absolute atomic E-state index is 12.7. The molecule has 1 aliphatic heterocycles. The minimum Gasteiger partial charge on any atom is -0.488 e. The molecule has 0 aliphatic carbocycles. The summed E-state index contributed by atoms with van der Waals surface area (Å²) in [6, 6.07) is 13.7. The first-order valence-electron chi connectivity index (χ1n) is 9.21. The second-order valence-corrected chi connectivity index (χ2v) is 6.89. The van der Waals surface area contributed by atoms with Crippen LogP contribution >= 0.6 is 0 Å². The third kappa shape index (κ3) is 3.74. The van der Waals surface area contributed by atoms with Gasteiger partial charge in [0.05, 0.1) is 18.6 Å². The Balaban J connectivity index is 1.56. The van der Waals surface area contributed by atoms with Crippen LogP contribution in [0.25, 0.3) is 10.9 Å². The molecular weight excluding hydrogens is 342 g/mol. The Morgan fingerprint density at radius 3 is 2.89 bits per heavy atom. The van der Waals surface area contributed by atoms with E-state index in [1.807, 2.05) is 55.7 Å². The molecule has 140 valence electrons. The van der Waals surface area contributed by atoms with E-state index in [0.29, 0.717) is 13.1 Å². The van der Waals surface area contributed by atoms with Crippen LogP contribution in [-0.2, 0) is 24.9 Å². The van der Waals surface area contributed by atoms with Crippen molar-refractivity contribution in [1.82, 2.24) is 14.7 Å². The van der Waals surface area contributed by atoms with Crippen molar-refractivity contribution in [3.8, 4) is 5.75 Å². The van der Waals surface area contributed by atoms with Crippen LogP contribution in [0.15, 0.2) is 48.7 Å². The number of fused-ring (bicyclic) bond motifs is 2. The molecule has 0 spiro atoms. The van der Waals surface area contributed by atoms with E-state index in [1.165, 1.54) is 0 Å². The highest BCUT2D eigenvalue weighted by Gasteiger charge is 2.27. The number of aromatic nitrogens is 2. The number of hydrogen-bond donors (Lipinski definition) is 0. The van der Waals surface area contributed by atoms with E-state index >= 15 is 0 Å². The number of nitrogens with zero attached hydrogens (tertiary/aromatic N) is 3. The lowest BCUT2D eigenvalue weighted by Crippen LogP contribution is -2.37. The number of aryl methyl sites for hydroxylation is 1. The van der Waals surface area contributed by atoms with Gasteiger partial charge in [0.2, 0.25) is 0 Å². The lowest BCUT2D eigenvalue weighted by atomic mass is 10.1. The fourth-order valence-electron chi connectivity index (χ4n) is 3.35. The molecule has 1 amide bonds. The maximum Gasteiger partial charge on any atom is 0.410 e. The molecule has 2 heterocycles. The summed E-state index contributed by atoms with van der Waals surface area (Å²) >= 11 is 0. The number of rotatable bonds is 3. The first-order chi connectivity index (χ1) is 13.1. The standard InChI is InChI=1S/C21H23N3O3/c1-3-18-13-24(21(25)26-14-15-7-5-4-6-8-15)12-17-9-16-11-23(2)22-19(16)10-20(17)27-18/h4-11,18H,3,12-14H2,1-2H3/t18-/m1/s1. The van der Waals surface area contributed by atoms with Gasteiger partial charge >= 0.3 is 6.09 Å². The third-order valence-electron chi connectivity index (χ3n) is 4.80. The molecule has 0 N–H and O–H groups in total. The third-order valence-corrected chi connectivity index (χ3v) is 4.80. The quantitative estimate of drug-likeness (QED) is 0.707. The van der Waals surface area contributed by atoms with Gasteiger partial charge in [-0.3, -0.25) is 4.68 Å². The molecule has 6 heteroatoms. The second-order valence-electron chi connectivity index (χ2n) is 6.89. The van der Waals surface area contributed by atoms with Gasteiger partial charge in [-0.1, -0.05) is 37.3 Å². The van der Waals surface area contributed by atoms with Gasteiger partial charge in [-0.2, -0.15) is 5.10 Å². The molecule has 2 aromatic carbocycles. The van der Waals surface area contributed by atoms with E-state index in [-0.39, 0.29) is 18.8 Å². The Morgan fingerprint density at radius 2 is 2.11 bits per heavy atom. The topological polar surface area (TPSA) is 56.6 Å². The second kappa shape index (κ2) is 7.31. The number of ether oxygens (including phenoxy) is 2. The predicted molar refractivity (Wildman–Crippen MR) is 102 cm³/mol. The minimum absolute atomic E-state index is 0.0725. The van der Waals surface area contributed by atoms with Gasteiger partial charge in [0.15, 0.2) is 0 Å². The van der Waals surface area contributed by atoms with Crippen molar-refractivity contribution in [1.29, 1.82) is 0 Å². The molecule has 0 bridgehead atoms. The van der Waals surface area contributed by atoms with Gasteiger partial charge in [-0.25, -0.2) is 4.79 Å². The zero-order valence-electron chi connectivity index (χ0n) is 15.6. The summed E-state index contributed by atoms with van der Waals surface area (Å²) in [4.78, 5) is 14.4. The van der Waals surface area contributed by atoms with Gasteiger partial charge in [0.25, 0.3) is 0 Å². The number of hydrogen-bond acceptors (Lipinski definition) is 4. The summed E-state index contributed by atoms with van der Waals surface area (Å²) in [5.74, 6) is 0.798. The maximum atomic E-state index is 12.7. The van der Waals surface area contributed by atoms with E-state index in [4.69, 9.17) is 9.47 Å². The number of benzene rings is 2. The lowest BCUT2D eigenvalue weighted by molar-refractivity contribution is 0.0786. The zero-order chi connectivity index (χ0) is 18.8. The molecule has 0 saturated heterocycles. The summed E-state index contributed by atoms with van der Waals surface area (Å²) in [6.07, 6.45) is 2.38. The highest BCUT2D eigenvalue weighted by Crippen LogP contribution is 2.30. The Labute approximate surface area is 158 Å². The molecule has 3 aromatic rings. The zero-order valence-corrected chi connectivity index (χ0v) is 15.6. The summed E-state index contributed by atoms with van der Waals surface area (Å²) < 4.78 is 13.5. The summed E-state index contributed by atoms with van der Waals surface area (Å²) in [6.45, 7) is 3.29. The van der Waals surface area contributed by atoms with Gasteiger partial charge < -0.3 is 14.4 Å². The normalized spacial score (nSPS) is 16.5. The molecule has 1 aromatic heterocycles. The van der Waals surface area contributed by atoms with Crippen LogP contribution in [-0.4, -0.2) is 33.4 Å². The molecule has 0 saturated carbocycles. The van der Waals surface area contributed by atoms with E-state index in [0.717, 1.165) is 34.2 Å². The van der Waals surface area contributed by atoms with E-state index in [9.17, 15) is 4.79 Å². The van der Waals surface area contributed by atoms with E-state index in [1.54, 1.807) is 9.58 Å². The number of amides is 1. The summed E-state index contributed by atoms with van der Waals surface area (Å²) in [7, 11) is 1.90. The molecule has 0 fully saturated rings. The van der Waals surface area contributed by atoms with Crippen LogP contribution in [0.3, 0.4) is 0 Å². The van der Waals surface area contributed by atoms with Crippen LogP contribution < -0.4 is 4.74 Å². The van der Waals surface area contributed by atoms with Crippen LogP contribution in [0.5, 0.6) is 5.75 Å². The molecule has 4 rings (SSSR count). The molecule has 0 radical (unpaired) electrons. The Hall–Kier alpha value is -3.02. The summed E-state index contributed by atoms with van der Waals surface area (Å²) in [5, 5.41) is 5.49. The van der Waals surface area contributed by atoms with Crippen molar-refractivity contribution in [2.45, 2.75) is 32.6 Å². The Kier molecular flexibility index (Phi) is 4.71. The van der Waals surface area contributed by atoms with Gasteiger partial charge in [0.1, 0.15) is 18.5 Å². The Morgan fingerprint density at radius 1 is 1.30 bits per heavy atom. The van der Waals surface area contributed by atoms with Crippen molar-refractivity contribution in [2.75, 3.05) is 6.54 Å². The molecule has 0 unspecified atom stereocenters. The molecule has 1 atom stereocenters. The Bertz CT molecular complexity index is 952. The van der Waals surface area contributed by atoms with Crippen molar-refractivity contribution in [3.05, 3.63) is 59.8 Å². The van der Waals surface area contributed by atoms with Crippen molar-refractivity contribution < 1.29 is 14.3 Å². The minimum atomic E-state index is -0.319. The van der Waals surface area contributed by atoms with Crippen LogP contribution in [0.4, 0.5) is 4.79 Å². The monoisotopic (exact) mass is 365 g/mol. The predicted octanol–water partition coefficient (Wildman–Crippen LogP) is 3.88. The van der Waals surface area contributed by atoms with E-state index < -0.39 is 0 Å². The molecular formula is C21H23N3O3. The van der Waals surface area contributed by atoms with Crippen LogP contribution in [0, 0.1) is 0 Å². The van der Waals surface area contributed by atoms with Gasteiger partial charge in [-0.15, -0.1) is 0 Å². The van der Waals surface area contributed by atoms with Crippen LogP contribution in [0.2, 0.25) is 0 Å². The van der Waals surface area contributed by atoms with Crippen molar-refractivity contribution in [2.24, 2.45) is 7.05 Å². The first-order valence-corrected chi connectivity index (χ1v) is 9.21. The summed E-state index contributed by atoms with van der Waals surface area (Å²) in [5.41, 5.74) is 2.84. The largest absolute Gasteiger partial charge is 0.488 e. The molecule has 6 nitrogen and oxygen atoms in total. The van der Waals surface area contributed by atoms with Crippen LogP contribution in [0.1, 0.15) is 24.5 Å². The average Bonchev–Trinajstić information content (AvgIpc) is 2.93. The van der Waals surface area contributed by atoms with E-state index in [2.05, 4.69) is 12.0 Å². The molecule has 27 heavy (non-hydrogen) atoms. The fourth-order valence-corrected chi connectivity index (χ4v) is 3.35. The average molecular weight is 365 g/mol. The fraction of sp³-hybridized carbons (Fsp3) is 0.333. The lowest BCUT2D eigenvalue weighted by Gasteiger charge is -2.22. The highest BCUT2D eigenvalue weighted by atomic mass is 16.6. The van der Waals surface area contributed by atoms with Gasteiger partial charge in [-0.05, 0) is 18.1 Å². The van der Waals surface area contributed by atoms with Crippen molar-refractivity contribution >= 4 is 17.0 Å². The SMILES string of the molecule is CC[C@@H]1CN(C(=O)OCc2ccccc2)Cc2cc3cn(C)nc3cc2O1. The highest BCUT2D eigenvalue weighted by molar-refractivity contribution is 5.81. The molecule has 1 aliphatic rings. The van der Waals surface area contributed by atoms with Gasteiger partial charge in [0, 0.05) is 30.3 Å². The first kappa shape index (κ1) is 17.4. The smallest absolute Gasteiger partial charge is 0.410 e. The van der Waals surface area contributed by atoms with Crippen molar-refractivity contribution in [3.63, 3.8) is 0 Å².